The molecule has 0 aromatic carbocycles. The summed E-state index contributed by atoms with van der Waals surface area (Å²) in [6.45, 7) is 2.38. The van der Waals surface area contributed by atoms with Crippen molar-refractivity contribution in [2.45, 2.75) is 12.8 Å². The van der Waals surface area contributed by atoms with Gasteiger partial charge in [0.2, 0.25) is 0 Å². The molecule has 1 fully saturated rings. The average Bonchev–Trinajstić information content (AvgIpc) is 2.57. The maximum absolute atomic E-state index is 10.6. The maximum Gasteiger partial charge on any atom is 0.406 e. The maximum atomic E-state index is 10.6. The minimum atomic E-state index is -0.353. The van der Waals surface area contributed by atoms with Gasteiger partial charge in [-0.1, -0.05) is 0 Å². The van der Waals surface area contributed by atoms with Crippen LogP contribution < -0.4 is 5.32 Å². The first kappa shape index (κ1) is 9.32. The molecule has 0 spiro atoms. The highest BCUT2D eigenvalue weighted by Gasteiger charge is 2.14. The molecule has 0 aromatic rings. The van der Waals surface area contributed by atoms with Gasteiger partial charge in [0.1, 0.15) is 0 Å². The summed E-state index contributed by atoms with van der Waals surface area (Å²) in [5.74, 6) is 0.613. The van der Waals surface area contributed by atoms with E-state index in [1.807, 2.05) is 0 Å². The summed E-state index contributed by atoms with van der Waals surface area (Å²) in [4.78, 5) is 10.6. The molecule has 70 valence electrons. The van der Waals surface area contributed by atoms with Crippen LogP contribution in [0.4, 0.5) is 4.79 Å². The average molecular weight is 173 g/mol. The molecule has 0 radical (unpaired) electrons. The predicted molar refractivity (Wildman–Crippen MR) is 44.0 cm³/mol. The Bertz CT molecular complexity index is 143. The third-order valence-electron chi connectivity index (χ3n) is 2.03. The molecule has 1 heterocycles. The molecule has 4 nitrogen and oxygen atoms in total. The van der Waals surface area contributed by atoms with Crippen LogP contribution in [0.1, 0.15) is 12.8 Å². The Kier molecular flexibility index (Phi) is 3.87. The summed E-state index contributed by atoms with van der Waals surface area (Å²) in [5.41, 5.74) is 0. The second kappa shape index (κ2) is 4.98. The van der Waals surface area contributed by atoms with Gasteiger partial charge in [-0.3, -0.25) is 0 Å². The zero-order valence-electron chi connectivity index (χ0n) is 7.34. The van der Waals surface area contributed by atoms with Crippen molar-refractivity contribution >= 4 is 6.09 Å². The van der Waals surface area contributed by atoms with Crippen molar-refractivity contribution < 1.29 is 14.3 Å². The lowest BCUT2D eigenvalue weighted by atomic mass is 10.1. The van der Waals surface area contributed by atoms with Gasteiger partial charge in [0.25, 0.3) is 0 Å². The Labute approximate surface area is 72.2 Å². The number of alkyl carbamates (subject to hydrolysis) is 1. The Morgan fingerprint density at radius 2 is 2.58 bits per heavy atom. The minimum Gasteiger partial charge on any atom is -0.453 e. The van der Waals surface area contributed by atoms with Crippen molar-refractivity contribution in [1.29, 1.82) is 0 Å². The van der Waals surface area contributed by atoms with Crippen LogP contribution in [-0.2, 0) is 9.47 Å². The lowest BCUT2D eigenvalue weighted by Gasteiger charge is -2.07. The van der Waals surface area contributed by atoms with E-state index in [0.29, 0.717) is 12.5 Å². The lowest BCUT2D eigenvalue weighted by Crippen LogP contribution is -2.25. The molecule has 1 unspecified atom stereocenters. The molecule has 1 N–H and O–H groups in total. The first-order chi connectivity index (χ1) is 5.83. The topological polar surface area (TPSA) is 47.6 Å². The van der Waals surface area contributed by atoms with Gasteiger partial charge in [0, 0.05) is 19.8 Å². The second-order valence-electron chi connectivity index (χ2n) is 2.94. The molecule has 1 aliphatic rings. The number of hydrogen-bond acceptors (Lipinski definition) is 3. The van der Waals surface area contributed by atoms with Gasteiger partial charge in [0.05, 0.1) is 7.11 Å². The van der Waals surface area contributed by atoms with Crippen molar-refractivity contribution in [3.63, 3.8) is 0 Å². The molecule has 0 aromatic heterocycles. The van der Waals surface area contributed by atoms with E-state index in [2.05, 4.69) is 10.1 Å². The Morgan fingerprint density at radius 3 is 3.17 bits per heavy atom. The number of ether oxygens (including phenoxy) is 2. The molecule has 0 saturated carbocycles. The fraction of sp³-hybridized carbons (Fsp3) is 0.875. The van der Waals surface area contributed by atoms with E-state index in [4.69, 9.17) is 4.74 Å². The first-order valence-corrected chi connectivity index (χ1v) is 4.22. The quantitative estimate of drug-likeness (QED) is 0.685. The minimum absolute atomic E-state index is 0.353. The van der Waals surface area contributed by atoms with Crippen molar-refractivity contribution in [3.8, 4) is 0 Å². The third-order valence-corrected chi connectivity index (χ3v) is 2.03. The highest BCUT2D eigenvalue weighted by Crippen LogP contribution is 2.14. The summed E-state index contributed by atoms with van der Waals surface area (Å²) in [6, 6.07) is 0. The lowest BCUT2D eigenvalue weighted by molar-refractivity contribution is 0.168. The van der Waals surface area contributed by atoms with Crippen LogP contribution in [-0.4, -0.2) is 33.0 Å². The fourth-order valence-corrected chi connectivity index (χ4v) is 1.26. The zero-order valence-corrected chi connectivity index (χ0v) is 7.34. The number of methoxy groups -OCH3 is 1. The van der Waals surface area contributed by atoms with E-state index in [9.17, 15) is 4.79 Å². The molecule has 4 heteroatoms. The van der Waals surface area contributed by atoms with Gasteiger partial charge >= 0.3 is 6.09 Å². The number of carbonyl (C=O) groups is 1. The predicted octanol–water partition coefficient (Wildman–Crippen LogP) is 0.769. The van der Waals surface area contributed by atoms with Gasteiger partial charge in [0.15, 0.2) is 0 Å². The number of carbonyl (C=O) groups excluding carboxylic acids is 1. The van der Waals surface area contributed by atoms with Crippen LogP contribution in [0.2, 0.25) is 0 Å². The van der Waals surface area contributed by atoms with Crippen LogP contribution >= 0.6 is 0 Å². The van der Waals surface area contributed by atoms with Crippen LogP contribution in [0, 0.1) is 5.92 Å². The van der Waals surface area contributed by atoms with E-state index < -0.39 is 0 Å². The van der Waals surface area contributed by atoms with Crippen molar-refractivity contribution in [3.05, 3.63) is 0 Å². The molecule has 1 saturated heterocycles. The van der Waals surface area contributed by atoms with Crippen LogP contribution in [0.3, 0.4) is 0 Å². The van der Waals surface area contributed by atoms with Crippen LogP contribution in [0.15, 0.2) is 0 Å². The number of amides is 1. The van der Waals surface area contributed by atoms with E-state index in [1.54, 1.807) is 0 Å². The van der Waals surface area contributed by atoms with E-state index in [0.717, 1.165) is 26.1 Å². The molecule has 1 aliphatic heterocycles. The molecule has 1 atom stereocenters. The smallest absolute Gasteiger partial charge is 0.406 e. The zero-order chi connectivity index (χ0) is 8.81. The normalized spacial score (nSPS) is 22.2. The highest BCUT2D eigenvalue weighted by atomic mass is 16.5. The van der Waals surface area contributed by atoms with E-state index in [1.165, 1.54) is 7.11 Å². The highest BCUT2D eigenvalue weighted by molar-refractivity contribution is 5.66. The SMILES string of the molecule is COC(=O)NCCC1CCOC1. The first-order valence-electron chi connectivity index (χ1n) is 4.22. The van der Waals surface area contributed by atoms with Gasteiger partial charge in [-0.15, -0.1) is 0 Å². The van der Waals surface area contributed by atoms with Gasteiger partial charge in [-0.2, -0.15) is 0 Å². The fourth-order valence-electron chi connectivity index (χ4n) is 1.26. The molecule has 1 rings (SSSR count). The molecular weight excluding hydrogens is 158 g/mol. The van der Waals surface area contributed by atoms with Crippen molar-refractivity contribution in [2.75, 3.05) is 26.9 Å². The molecule has 1 amide bonds. The van der Waals surface area contributed by atoms with E-state index in [-0.39, 0.29) is 6.09 Å². The summed E-state index contributed by atoms with van der Waals surface area (Å²) >= 11 is 0. The largest absolute Gasteiger partial charge is 0.453 e. The van der Waals surface area contributed by atoms with Crippen LogP contribution in [0.5, 0.6) is 0 Å². The summed E-state index contributed by atoms with van der Waals surface area (Å²) in [7, 11) is 1.37. The number of hydrogen-bond donors (Lipinski definition) is 1. The molecule has 12 heavy (non-hydrogen) atoms. The standard InChI is InChI=1S/C8H15NO3/c1-11-8(10)9-4-2-7-3-5-12-6-7/h7H,2-6H2,1H3,(H,9,10). The molecular formula is C8H15NO3. The number of rotatable bonds is 3. The third kappa shape index (κ3) is 3.09. The van der Waals surface area contributed by atoms with Gasteiger partial charge in [-0.05, 0) is 18.8 Å². The summed E-state index contributed by atoms with van der Waals surface area (Å²) in [5, 5.41) is 2.64. The second-order valence-corrected chi connectivity index (χ2v) is 2.94. The van der Waals surface area contributed by atoms with Gasteiger partial charge < -0.3 is 14.8 Å². The monoisotopic (exact) mass is 173 g/mol. The van der Waals surface area contributed by atoms with E-state index >= 15 is 0 Å². The van der Waals surface area contributed by atoms with Crippen LogP contribution in [0.25, 0.3) is 0 Å². The Hall–Kier alpha value is -0.770. The summed E-state index contributed by atoms with van der Waals surface area (Å²) < 4.78 is 9.63. The molecule has 0 bridgehead atoms. The number of nitrogens with one attached hydrogen (secondary N) is 1. The van der Waals surface area contributed by atoms with Gasteiger partial charge in [-0.25, -0.2) is 4.79 Å². The Morgan fingerprint density at radius 1 is 1.75 bits per heavy atom. The summed E-state index contributed by atoms with van der Waals surface area (Å²) in [6.07, 6.45) is 1.74. The van der Waals surface area contributed by atoms with Crippen molar-refractivity contribution in [1.82, 2.24) is 5.32 Å². The molecule has 0 aliphatic carbocycles. The van der Waals surface area contributed by atoms with Crippen molar-refractivity contribution in [2.24, 2.45) is 5.92 Å². The Balaban J connectivity index is 1.97.